The third-order valence-electron chi connectivity index (χ3n) is 0.823. The second-order valence-electron chi connectivity index (χ2n) is 1.52. The highest BCUT2D eigenvalue weighted by atomic mass is 14.7. The van der Waals surface area contributed by atoms with Crippen LogP contribution in [-0.2, 0) is 0 Å². The Hall–Kier alpha value is -0.330. The van der Waals surface area contributed by atoms with Crippen LogP contribution in [0.1, 0.15) is 40.5 Å². The van der Waals surface area contributed by atoms with Crippen molar-refractivity contribution >= 4 is 6.21 Å². The number of unbranched alkanes of at least 4 members (excludes halogenated alkanes) is 1. The van der Waals surface area contributed by atoms with Gasteiger partial charge in [-0.15, -0.1) is 0 Å². The molecule has 0 bridgehead atoms. The van der Waals surface area contributed by atoms with Crippen LogP contribution >= 0.6 is 0 Å². The second kappa shape index (κ2) is 15.6. The van der Waals surface area contributed by atoms with E-state index in [-0.39, 0.29) is 0 Å². The van der Waals surface area contributed by atoms with Crippen LogP contribution in [0, 0.1) is 0 Å². The normalized spacial score (nSPS) is 8.89. The summed E-state index contributed by atoms with van der Waals surface area (Å²) in [5.41, 5.74) is 0. The van der Waals surface area contributed by atoms with Gasteiger partial charge in [0.25, 0.3) is 0 Å². The average Bonchev–Trinajstić information content (AvgIpc) is 1.94. The van der Waals surface area contributed by atoms with Crippen molar-refractivity contribution < 1.29 is 0 Å². The van der Waals surface area contributed by atoms with Crippen LogP contribution in [0.5, 0.6) is 0 Å². The molecule has 0 N–H and O–H groups in total. The quantitative estimate of drug-likeness (QED) is 0.410. The molecule has 0 aliphatic carbocycles. The van der Waals surface area contributed by atoms with Crippen molar-refractivity contribution in [2.45, 2.75) is 40.5 Å². The van der Waals surface area contributed by atoms with Gasteiger partial charge in [0.15, 0.2) is 0 Å². The lowest BCUT2D eigenvalue weighted by Crippen LogP contribution is -1.76. The summed E-state index contributed by atoms with van der Waals surface area (Å²) in [5, 5.41) is 0. The molecule has 0 aliphatic heterocycles. The number of nitrogens with zero attached hydrogens (tertiary/aromatic N) is 1. The average molecular weight is 129 g/mol. The standard InChI is InChI=1S/C6H13N.C2H6/c1-3-5-6-7-4-2;1-2/h4H,3,5-6H2,1-2H3;1-2H3. The Morgan fingerprint density at radius 1 is 1.33 bits per heavy atom. The number of hydrogen-bond donors (Lipinski definition) is 0. The zero-order valence-electron chi connectivity index (χ0n) is 7.15. The molecule has 0 heterocycles. The summed E-state index contributed by atoms with van der Waals surface area (Å²) in [7, 11) is 0. The van der Waals surface area contributed by atoms with Crippen LogP contribution in [0.3, 0.4) is 0 Å². The maximum absolute atomic E-state index is 4.04. The molecule has 56 valence electrons. The van der Waals surface area contributed by atoms with Crippen LogP contribution in [0.2, 0.25) is 0 Å². The van der Waals surface area contributed by atoms with E-state index in [0.29, 0.717) is 0 Å². The molecular formula is C8H19N. The van der Waals surface area contributed by atoms with E-state index in [1.807, 2.05) is 27.0 Å². The first-order chi connectivity index (χ1) is 4.41. The summed E-state index contributed by atoms with van der Waals surface area (Å²) in [6, 6.07) is 0. The van der Waals surface area contributed by atoms with Gasteiger partial charge >= 0.3 is 0 Å². The first kappa shape index (κ1) is 11.5. The van der Waals surface area contributed by atoms with Gasteiger partial charge in [0.05, 0.1) is 0 Å². The minimum absolute atomic E-state index is 1.01. The van der Waals surface area contributed by atoms with Gasteiger partial charge in [0, 0.05) is 6.54 Å². The predicted molar refractivity (Wildman–Crippen MR) is 45.3 cm³/mol. The largest absolute Gasteiger partial charge is 0.298 e. The third-order valence-corrected chi connectivity index (χ3v) is 0.823. The van der Waals surface area contributed by atoms with Crippen molar-refractivity contribution in [3.63, 3.8) is 0 Å². The molecule has 0 aromatic carbocycles. The Morgan fingerprint density at radius 2 is 1.89 bits per heavy atom. The monoisotopic (exact) mass is 129 g/mol. The lowest BCUT2D eigenvalue weighted by Gasteiger charge is -1.84. The van der Waals surface area contributed by atoms with E-state index in [9.17, 15) is 0 Å². The molecule has 0 aromatic heterocycles. The van der Waals surface area contributed by atoms with Gasteiger partial charge in [-0.3, -0.25) is 4.99 Å². The lowest BCUT2D eigenvalue weighted by molar-refractivity contribution is 0.810. The minimum atomic E-state index is 1.01. The number of hydrogen-bond acceptors (Lipinski definition) is 1. The summed E-state index contributed by atoms with van der Waals surface area (Å²) < 4.78 is 0. The first-order valence-electron chi connectivity index (χ1n) is 3.86. The van der Waals surface area contributed by atoms with Crippen molar-refractivity contribution in [2.75, 3.05) is 6.54 Å². The first-order valence-corrected chi connectivity index (χ1v) is 3.86. The topological polar surface area (TPSA) is 12.4 Å². The van der Waals surface area contributed by atoms with Crippen LogP contribution < -0.4 is 0 Å². The molecule has 0 radical (unpaired) electrons. The fraction of sp³-hybridized carbons (Fsp3) is 0.875. The van der Waals surface area contributed by atoms with Gasteiger partial charge in [0.2, 0.25) is 0 Å². The summed E-state index contributed by atoms with van der Waals surface area (Å²) in [4.78, 5) is 4.04. The van der Waals surface area contributed by atoms with Gasteiger partial charge in [-0.05, 0) is 19.6 Å². The molecule has 0 aromatic rings. The van der Waals surface area contributed by atoms with Crippen LogP contribution in [0.4, 0.5) is 0 Å². The van der Waals surface area contributed by atoms with Crippen molar-refractivity contribution in [3.8, 4) is 0 Å². The van der Waals surface area contributed by atoms with Crippen molar-refractivity contribution in [3.05, 3.63) is 0 Å². The molecular weight excluding hydrogens is 110 g/mol. The zero-order valence-corrected chi connectivity index (χ0v) is 7.15. The minimum Gasteiger partial charge on any atom is -0.298 e. The highest BCUT2D eigenvalue weighted by molar-refractivity contribution is 5.53. The predicted octanol–water partition coefficient (Wildman–Crippen LogP) is 2.90. The van der Waals surface area contributed by atoms with Gasteiger partial charge in [-0.2, -0.15) is 0 Å². The molecule has 0 spiro atoms. The molecule has 0 saturated carbocycles. The van der Waals surface area contributed by atoms with Crippen LogP contribution in [0.15, 0.2) is 4.99 Å². The fourth-order valence-electron chi connectivity index (χ4n) is 0.379. The lowest BCUT2D eigenvalue weighted by atomic mass is 10.3. The van der Waals surface area contributed by atoms with Gasteiger partial charge in [0.1, 0.15) is 0 Å². The molecule has 9 heavy (non-hydrogen) atoms. The van der Waals surface area contributed by atoms with Crippen molar-refractivity contribution in [1.29, 1.82) is 0 Å². The van der Waals surface area contributed by atoms with E-state index in [4.69, 9.17) is 0 Å². The Balaban J connectivity index is 0. The summed E-state index contributed by atoms with van der Waals surface area (Å²) in [6.07, 6.45) is 4.33. The Labute approximate surface area is 59.2 Å². The van der Waals surface area contributed by atoms with E-state index in [0.717, 1.165) is 6.54 Å². The smallest absolute Gasteiger partial charge is 0.0385 e. The van der Waals surface area contributed by atoms with Crippen LogP contribution in [-0.4, -0.2) is 12.8 Å². The fourth-order valence-corrected chi connectivity index (χ4v) is 0.379. The zero-order chi connectivity index (χ0) is 7.54. The van der Waals surface area contributed by atoms with E-state index in [1.165, 1.54) is 12.8 Å². The molecule has 1 nitrogen and oxygen atoms in total. The van der Waals surface area contributed by atoms with Crippen molar-refractivity contribution in [2.24, 2.45) is 4.99 Å². The van der Waals surface area contributed by atoms with Crippen molar-refractivity contribution in [1.82, 2.24) is 0 Å². The highest BCUT2D eigenvalue weighted by Gasteiger charge is 1.73. The molecule has 0 aliphatic rings. The maximum atomic E-state index is 4.04. The van der Waals surface area contributed by atoms with E-state index in [1.54, 1.807) is 0 Å². The Morgan fingerprint density at radius 3 is 2.22 bits per heavy atom. The maximum Gasteiger partial charge on any atom is 0.0385 e. The second-order valence-corrected chi connectivity index (χ2v) is 1.52. The molecule has 0 atom stereocenters. The van der Waals surface area contributed by atoms with Gasteiger partial charge < -0.3 is 0 Å². The highest BCUT2D eigenvalue weighted by Crippen LogP contribution is 1.84. The van der Waals surface area contributed by atoms with Gasteiger partial charge in [-0.1, -0.05) is 27.2 Å². The molecule has 0 rings (SSSR count). The molecule has 0 saturated heterocycles. The summed E-state index contributed by atoms with van der Waals surface area (Å²) in [5.74, 6) is 0. The molecule has 1 heteroatoms. The van der Waals surface area contributed by atoms with Gasteiger partial charge in [-0.25, -0.2) is 0 Å². The summed E-state index contributed by atoms with van der Waals surface area (Å²) in [6.45, 7) is 9.13. The van der Waals surface area contributed by atoms with E-state index in [2.05, 4.69) is 11.9 Å². The SMILES string of the molecule is CC.CC=NCCCC. The Kier molecular flexibility index (Phi) is 19.9. The molecule has 0 amide bonds. The van der Waals surface area contributed by atoms with E-state index >= 15 is 0 Å². The Bertz CT molecular complexity index is 48.5. The van der Waals surface area contributed by atoms with E-state index < -0.39 is 0 Å². The number of rotatable bonds is 3. The van der Waals surface area contributed by atoms with Crippen LogP contribution in [0.25, 0.3) is 0 Å². The summed E-state index contributed by atoms with van der Waals surface area (Å²) >= 11 is 0. The molecule has 0 unspecified atom stereocenters. The third kappa shape index (κ3) is 18.3. The molecule has 0 fully saturated rings. The number of aliphatic imine (C=N–C) groups is 1.